The second kappa shape index (κ2) is 7.04. The van der Waals surface area contributed by atoms with Gasteiger partial charge in [0.2, 0.25) is 0 Å². The minimum absolute atomic E-state index is 0.167. The van der Waals surface area contributed by atoms with Gasteiger partial charge < -0.3 is 10.6 Å². The van der Waals surface area contributed by atoms with Crippen molar-refractivity contribution in [3.05, 3.63) is 29.3 Å². The largest absolute Gasteiger partial charge is 0.333 e. The summed E-state index contributed by atoms with van der Waals surface area (Å²) < 4.78 is 0. The van der Waals surface area contributed by atoms with Crippen LogP contribution in [-0.2, 0) is 0 Å². The van der Waals surface area contributed by atoms with Crippen molar-refractivity contribution in [2.75, 3.05) is 5.32 Å². The Morgan fingerprint density at radius 1 is 1.11 bits per heavy atom. The van der Waals surface area contributed by atoms with Gasteiger partial charge in [0.25, 0.3) is 0 Å². The third-order valence-electron chi connectivity index (χ3n) is 2.12. The maximum Gasteiger partial charge on any atom is 0.319 e. The molecule has 0 saturated heterocycles. The Kier molecular flexibility index (Phi) is 6.45. The molecule has 0 heterocycles. The van der Waals surface area contributed by atoms with Gasteiger partial charge >= 0.3 is 6.03 Å². The lowest BCUT2D eigenvalue weighted by atomic mass is 10.1. The number of nitrogens with one attached hydrogen (secondary N) is 2. The van der Waals surface area contributed by atoms with E-state index in [4.69, 9.17) is 0 Å². The van der Waals surface area contributed by atoms with E-state index in [2.05, 4.69) is 10.6 Å². The predicted molar refractivity (Wildman–Crippen MR) is 79.2 cm³/mol. The molecule has 1 aromatic carbocycles. The van der Waals surface area contributed by atoms with Crippen LogP contribution in [-0.4, -0.2) is 11.6 Å². The highest BCUT2D eigenvalue weighted by Crippen LogP contribution is 2.16. The zero-order valence-electron chi connectivity index (χ0n) is 12.6. The van der Waals surface area contributed by atoms with Gasteiger partial charge in [-0.2, -0.15) is 0 Å². The Morgan fingerprint density at radius 3 is 2.11 bits per heavy atom. The molecule has 18 heavy (non-hydrogen) atoms. The van der Waals surface area contributed by atoms with E-state index in [1.54, 1.807) is 0 Å². The number of amides is 2. The Hall–Kier alpha value is -1.51. The number of hydrogen-bond acceptors (Lipinski definition) is 1. The first-order chi connectivity index (χ1) is 8.28. The summed E-state index contributed by atoms with van der Waals surface area (Å²) in [7, 11) is 0. The first-order valence-corrected chi connectivity index (χ1v) is 6.44. The summed E-state index contributed by atoms with van der Waals surface area (Å²) in [4.78, 5) is 11.6. The van der Waals surface area contributed by atoms with Gasteiger partial charge in [-0.25, -0.2) is 4.79 Å². The quantitative estimate of drug-likeness (QED) is 0.768. The zero-order valence-corrected chi connectivity index (χ0v) is 12.6. The van der Waals surface area contributed by atoms with E-state index in [1.165, 1.54) is 5.56 Å². The van der Waals surface area contributed by atoms with Crippen LogP contribution in [0.3, 0.4) is 0 Å². The van der Waals surface area contributed by atoms with E-state index in [0.717, 1.165) is 11.3 Å². The Balaban J connectivity index is 0.00000137. The van der Waals surface area contributed by atoms with Crippen LogP contribution in [0.15, 0.2) is 18.2 Å². The molecular weight excluding hydrogens is 224 g/mol. The molecule has 0 aliphatic rings. The first-order valence-electron chi connectivity index (χ1n) is 6.44. The van der Waals surface area contributed by atoms with Crippen molar-refractivity contribution in [2.24, 2.45) is 0 Å². The van der Waals surface area contributed by atoms with Crippen molar-refractivity contribution in [2.45, 2.75) is 54.0 Å². The first kappa shape index (κ1) is 16.5. The number of carbonyl (C=O) groups is 1. The number of carbonyl (C=O) groups excluding carboxylic acids is 1. The van der Waals surface area contributed by atoms with E-state index in [9.17, 15) is 4.79 Å². The molecule has 0 fully saturated rings. The Labute approximate surface area is 111 Å². The SMILES string of the molecule is CC.Cc1ccc(NC(=O)NC(C)(C)C)c(C)c1. The molecule has 0 aromatic heterocycles. The molecule has 0 saturated carbocycles. The summed E-state index contributed by atoms with van der Waals surface area (Å²) in [5, 5.41) is 5.70. The number of hydrogen-bond donors (Lipinski definition) is 2. The van der Waals surface area contributed by atoms with Crippen molar-refractivity contribution >= 4 is 11.7 Å². The highest BCUT2D eigenvalue weighted by Gasteiger charge is 2.13. The van der Waals surface area contributed by atoms with Gasteiger partial charge in [-0.3, -0.25) is 0 Å². The van der Waals surface area contributed by atoms with Gasteiger partial charge in [0.1, 0.15) is 0 Å². The number of benzene rings is 1. The van der Waals surface area contributed by atoms with Gasteiger partial charge in [0, 0.05) is 11.2 Å². The highest BCUT2D eigenvalue weighted by molar-refractivity contribution is 5.90. The summed E-state index contributed by atoms with van der Waals surface area (Å²) in [5.74, 6) is 0. The van der Waals surface area contributed by atoms with Crippen LogP contribution in [0.5, 0.6) is 0 Å². The van der Waals surface area contributed by atoms with Gasteiger partial charge in [-0.1, -0.05) is 31.5 Å². The van der Waals surface area contributed by atoms with Crippen LogP contribution in [0, 0.1) is 13.8 Å². The van der Waals surface area contributed by atoms with Crippen LogP contribution in [0.4, 0.5) is 10.5 Å². The normalized spacial score (nSPS) is 10.2. The van der Waals surface area contributed by atoms with Gasteiger partial charge in [-0.05, 0) is 46.2 Å². The third-order valence-corrected chi connectivity index (χ3v) is 2.12. The molecule has 3 heteroatoms. The Morgan fingerprint density at radius 2 is 1.67 bits per heavy atom. The fourth-order valence-electron chi connectivity index (χ4n) is 1.45. The molecule has 0 spiro atoms. The molecule has 0 aliphatic heterocycles. The molecule has 3 nitrogen and oxygen atoms in total. The van der Waals surface area contributed by atoms with E-state index >= 15 is 0 Å². The minimum Gasteiger partial charge on any atom is -0.333 e. The lowest BCUT2D eigenvalue weighted by Gasteiger charge is -2.21. The molecule has 102 valence electrons. The standard InChI is InChI=1S/C13H20N2O.C2H6/c1-9-6-7-11(10(2)8-9)14-12(16)15-13(3,4)5;1-2/h6-8H,1-5H3,(H2,14,15,16);1-2H3. The van der Waals surface area contributed by atoms with Gasteiger partial charge in [0.15, 0.2) is 0 Å². The predicted octanol–water partition coefficient (Wildman–Crippen LogP) is 4.25. The average molecular weight is 250 g/mol. The van der Waals surface area contributed by atoms with E-state index in [0.29, 0.717) is 0 Å². The fraction of sp³-hybridized carbons (Fsp3) is 0.533. The monoisotopic (exact) mass is 250 g/mol. The highest BCUT2D eigenvalue weighted by atomic mass is 16.2. The second-order valence-corrected chi connectivity index (χ2v) is 5.15. The van der Waals surface area contributed by atoms with Crippen LogP contribution in [0.2, 0.25) is 0 Å². The van der Waals surface area contributed by atoms with E-state index < -0.39 is 0 Å². The minimum atomic E-state index is -0.220. The van der Waals surface area contributed by atoms with Crippen LogP contribution in [0.25, 0.3) is 0 Å². The van der Waals surface area contributed by atoms with Crippen molar-refractivity contribution in [3.8, 4) is 0 Å². The number of rotatable bonds is 1. The summed E-state index contributed by atoms with van der Waals surface area (Å²) in [6.07, 6.45) is 0. The van der Waals surface area contributed by atoms with Crippen molar-refractivity contribution in [3.63, 3.8) is 0 Å². The summed E-state index contributed by atoms with van der Waals surface area (Å²) in [5.41, 5.74) is 2.90. The molecule has 1 aromatic rings. The fourth-order valence-corrected chi connectivity index (χ4v) is 1.45. The number of aryl methyl sites for hydroxylation is 2. The molecule has 2 N–H and O–H groups in total. The maximum absolute atomic E-state index is 11.6. The molecule has 0 unspecified atom stereocenters. The average Bonchev–Trinajstić information content (AvgIpc) is 2.22. The summed E-state index contributed by atoms with van der Waals surface area (Å²) >= 11 is 0. The molecule has 0 bridgehead atoms. The van der Waals surface area contributed by atoms with E-state index in [-0.39, 0.29) is 11.6 Å². The molecule has 0 radical (unpaired) electrons. The summed E-state index contributed by atoms with van der Waals surface area (Å²) in [6.45, 7) is 13.9. The molecule has 0 aliphatic carbocycles. The molecule has 0 atom stereocenters. The molecular formula is C15H26N2O. The van der Waals surface area contributed by atoms with Gasteiger partial charge in [-0.15, -0.1) is 0 Å². The maximum atomic E-state index is 11.6. The Bertz CT molecular complexity index is 392. The topological polar surface area (TPSA) is 41.1 Å². The lowest BCUT2D eigenvalue weighted by molar-refractivity contribution is 0.244. The lowest BCUT2D eigenvalue weighted by Crippen LogP contribution is -2.43. The van der Waals surface area contributed by atoms with Crippen LogP contribution >= 0.6 is 0 Å². The zero-order chi connectivity index (χ0) is 14.3. The number of anilines is 1. The second-order valence-electron chi connectivity index (χ2n) is 5.15. The van der Waals surface area contributed by atoms with Gasteiger partial charge in [0.05, 0.1) is 0 Å². The van der Waals surface area contributed by atoms with Crippen molar-refractivity contribution in [1.82, 2.24) is 5.32 Å². The number of urea groups is 1. The van der Waals surface area contributed by atoms with Crippen LogP contribution < -0.4 is 10.6 Å². The van der Waals surface area contributed by atoms with E-state index in [1.807, 2.05) is 66.7 Å². The van der Waals surface area contributed by atoms with Crippen molar-refractivity contribution in [1.29, 1.82) is 0 Å². The van der Waals surface area contributed by atoms with Crippen molar-refractivity contribution < 1.29 is 4.79 Å². The molecule has 1 rings (SSSR count). The summed E-state index contributed by atoms with van der Waals surface area (Å²) in [6, 6.07) is 5.79. The third kappa shape index (κ3) is 6.28. The molecule has 2 amide bonds. The van der Waals surface area contributed by atoms with Crippen LogP contribution in [0.1, 0.15) is 45.7 Å². The smallest absolute Gasteiger partial charge is 0.319 e.